The van der Waals surface area contributed by atoms with E-state index in [2.05, 4.69) is 4.72 Å². The van der Waals surface area contributed by atoms with Crippen molar-refractivity contribution in [3.05, 3.63) is 56.1 Å². The highest BCUT2D eigenvalue weighted by Crippen LogP contribution is 2.32. The minimum absolute atomic E-state index is 0.261. The van der Waals surface area contributed by atoms with Crippen LogP contribution in [-0.2, 0) is 10.0 Å². The van der Waals surface area contributed by atoms with Gasteiger partial charge in [0.05, 0.1) is 15.6 Å². The second-order valence-electron chi connectivity index (χ2n) is 5.68. The van der Waals surface area contributed by atoms with Crippen LogP contribution in [0.25, 0.3) is 0 Å². The molecule has 2 aromatic carbocycles. The van der Waals surface area contributed by atoms with Crippen LogP contribution in [0.5, 0.6) is 0 Å². The summed E-state index contributed by atoms with van der Waals surface area (Å²) in [5, 5.41) is 0.712. The van der Waals surface area contributed by atoms with Gasteiger partial charge in [-0.3, -0.25) is 4.72 Å². The normalized spacial score (nSPS) is 11.6. The topological polar surface area (TPSA) is 46.2 Å². The maximum absolute atomic E-state index is 12.9. The Morgan fingerprint density at radius 1 is 0.826 bits per heavy atom. The summed E-state index contributed by atoms with van der Waals surface area (Å²) >= 11 is 11.9. The van der Waals surface area contributed by atoms with Crippen LogP contribution in [0, 0.1) is 34.6 Å². The first-order chi connectivity index (χ1) is 10.6. The Balaban J connectivity index is 2.61. The minimum Gasteiger partial charge on any atom is -0.278 e. The van der Waals surface area contributed by atoms with E-state index in [1.54, 1.807) is 12.1 Å². The number of sulfonamides is 1. The molecular formula is C17H19Cl2NO2S. The fraction of sp³-hybridized carbons (Fsp3) is 0.294. The van der Waals surface area contributed by atoms with Crippen LogP contribution in [0.3, 0.4) is 0 Å². The Labute approximate surface area is 147 Å². The van der Waals surface area contributed by atoms with Crippen molar-refractivity contribution in [2.24, 2.45) is 0 Å². The van der Waals surface area contributed by atoms with Crippen LogP contribution in [0.15, 0.2) is 23.1 Å². The van der Waals surface area contributed by atoms with E-state index in [4.69, 9.17) is 23.2 Å². The first-order valence-electron chi connectivity index (χ1n) is 7.11. The number of nitrogens with one attached hydrogen (secondary N) is 1. The molecule has 0 heterocycles. The molecule has 0 aliphatic carbocycles. The van der Waals surface area contributed by atoms with Crippen molar-refractivity contribution in [2.75, 3.05) is 4.72 Å². The Bertz CT molecular complexity index is 861. The zero-order valence-electron chi connectivity index (χ0n) is 13.7. The van der Waals surface area contributed by atoms with Crippen molar-refractivity contribution >= 4 is 38.9 Å². The number of rotatable bonds is 3. The number of halogens is 2. The Morgan fingerprint density at radius 2 is 1.30 bits per heavy atom. The van der Waals surface area contributed by atoms with Crippen LogP contribution >= 0.6 is 23.2 Å². The quantitative estimate of drug-likeness (QED) is 0.791. The molecule has 0 amide bonds. The van der Waals surface area contributed by atoms with E-state index >= 15 is 0 Å². The van der Waals surface area contributed by atoms with Crippen molar-refractivity contribution < 1.29 is 8.42 Å². The minimum atomic E-state index is -3.75. The van der Waals surface area contributed by atoms with Crippen molar-refractivity contribution in [3.8, 4) is 0 Å². The van der Waals surface area contributed by atoms with Gasteiger partial charge in [-0.15, -0.1) is 0 Å². The molecule has 0 bridgehead atoms. The van der Waals surface area contributed by atoms with Gasteiger partial charge in [0.2, 0.25) is 0 Å². The van der Waals surface area contributed by atoms with Crippen LogP contribution in [0.1, 0.15) is 27.8 Å². The van der Waals surface area contributed by atoms with Gasteiger partial charge in [-0.25, -0.2) is 8.42 Å². The van der Waals surface area contributed by atoms with E-state index in [9.17, 15) is 8.42 Å². The summed E-state index contributed by atoms with van der Waals surface area (Å²) in [6, 6.07) is 4.66. The maximum atomic E-state index is 12.9. The first kappa shape index (κ1) is 18.1. The van der Waals surface area contributed by atoms with Gasteiger partial charge in [-0.05, 0) is 80.6 Å². The summed E-state index contributed by atoms with van der Waals surface area (Å²) in [6.45, 7) is 9.53. The van der Waals surface area contributed by atoms with Gasteiger partial charge in [-0.2, -0.15) is 0 Å². The molecule has 6 heteroatoms. The average Bonchev–Trinajstić information content (AvgIpc) is 2.46. The lowest BCUT2D eigenvalue weighted by Gasteiger charge is -2.19. The van der Waals surface area contributed by atoms with E-state index in [0.717, 1.165) is 27.8 Å². The third-order valence-corrected chi connectivity index (χ3v) is 6.56. The summed E-state index contributed by atoms with van der Waals surface area (Å²) in [5.41, 5.74) is 4.90. The lowest BCUT2D eigenvalue weighted by Crippen LogP contribution is -2.18. The molecule has 0 fully saturated rings. The van der Waals surface area contributed by atoms with Crippen molar-refractivity contribution in [3.63, 3.8) is 0 Å². The summed E-state index contributed by atoms with van der Waals surface area (Å²) in [5.74, 6) is 0. The molecule has 0 spiro atoms. The standard InChI is InChI=1S/C17H19Cl2NO2S/c1-9-10(2)12(4)17(13(5)11(9)3)23(21,22)20-16-7-6-14(18)8-15(16)19/h6-8,20H,1-5H3. The molecule has 2 rings (SSSR count). The Morgan fingerprint density at radius 3 is 1.78 bits per heavy atom. The molecule has 0 saturated carbocycles. The third kappa shape index (κ3) is 3.35. The van der Waals surface area contributed by atoms with E-state index in [-0.39, 0.29) is 5.02 Å². The fourth-order valence-corrected chi connectivity index (χ4v) is 4.83. The predicted octanol–water partition coefficient (Wildman–Crippen LogP) is 5.34. The predicted molar refractivity (Wildman–Crippen MR) is 97.4 cm³/mol. The average molecular weight is 372 g/mol. The van der Waals surface area contributed by atoms with Crippen LogP contribution in [0.2, 0.25) is 10.0 Å². The molecule has 0 aliphatic heterocycles. The van der Waals surface area contributed by atoms with Crippen molar-refractivity contribution in [1.82, 2.24) is 0 Å². The Hall–Kier alpha value is -1.23. The lowest BCUT2D eigenvalue weighted by molar-refractivity contribution is 0.599. The van der Waals surface area contributed by atoms with Crippen molar-refractivity contribution in [1.29, 1.82) is 0 Å². The van der Waals surface area contributed by atoms with Crippen LogP contribution < -0.4 is 4.72 Å². The molecule has 23 heavy (non-hydrogen) atoms. The van der Waals surface area contributed by atoms with E-state index in [1.807, 2.05) is 34.6 Å². The molecule has 0 aliphatic rings. The van der Waals surface area contributed by atoms with E-state index in [1.165, 1.54) is 6.07 Å². The van der Waals surface area contributed by atoms with E-state index in [0.29, 0.717) is 15.6 Å². The number of benzene rings is 2. The summed E-state index contributed by atoms with van der Waals surface area (Å²) in [4.78, 5) is 0.309. The number of hydrogen-bond donors (Lipinski definition) is 1. The van der Waals surface area contributed by atoms with Gasteiger partial charge < -0.3 is 0 Å². The van der Waals surface area contributed by atoms with E-state index < -0.39 is 10.0 Å². The molecule has 0 radical (unpaired) electrons. The highest BCUT2D eigenvalue weighted by Gasteiger charge is 2.24. The molecular weight excluding hydrogens is 353 g/mol. The highest BCUT2D eigenvalue weighted by atomic mass is 35.5. The molecule has 0 unspecified atom stereocenters. The smallest absolute Gasteiger partial charge is 0.262 e. The lowest BCUT2D eigenvalue weighted by atomic mass is 9.95. The Kier molecular flexibility index (Phi) is 5.00. The number of hydrogen-bond acceptors (Lipinski definition) is 2. The van der Waals surface area contributed by atoms with Gasteiger partial charge in [0.15, 0.2) is 0 Å². The molecule has 3 nitrogen and oxygen atoms in total. The van der Waals surface area contributed by atoms with Gasteiger partial charge >= 0.3 is 0 Å². The number of anilines is 1. The van der Waals surface area contributed by atoms with Gasteiger partial charge in [0.25, 0.3) is 10.0 Å². The third-order valence-electron chi connectivity index (χ3n) is 4.38. The largest absolute Gasteiger partial charge is 0.278 e. The van der Waals surface area contributed by atoms with Gasteiger partial charge in [0.1, 0.15) is 0 Å². The monoisotopic (exact) mass is 371 g/mol. The van der Waals surface area contributed by atoms with Gasteiger partial charge in [0, 0.05) is 5.02 Å². The maximum Gasteiger partial charge on any atom is 0.262 e. The molecule has 2 aromatic rings. The molecule has 0 saturated heterocycles. The molecule has 0 aromatic heterocycles. The second kappa shape index (κ2) is 6.34. The fourth-order valence-electron chi connectivity index (χ4n) is 2.64. The molecule has 0 atom stereocenters. The molecule has 124 valence electrons. The van der Waals surface area contributed by atoms with Crippen LogP contribution in [0.4, 0.5) is 5.69 Å². The molecule has 1 N–H and O–H groups in total. The summed E-state index contributed by atoms with van der Waals surface area (Å²) < 4.78 is 28.4. The summed E-state index contributed by atoms with van der Waals surface area (Å²) in [6.07, 6.45) is 0. The second-order valence-corrected chi connectivity index (χ2v) is 8.15. The van der Waals surface area contributed by atoms with Crippen LogP contribution in [-0.4, -0.2) is 8.42 Å². The van der Waals surface area contributed by atoms with Crippen molar-refractivity contribution in [2.45, 2.75) is 39.5 Å². The zero-order chi connectivity index (χ0) is 17.5. The van der Waals surface area contributed by atoms with Gasteiger partial charge in [-0.1, -0.05) is 23.2 Å². The summed E-state index contributed by atoms with van der Waals surface area (Å²) in [7, 11) is -3.75. The SMILES string of the molecule is Cc1c(C)c(C)c(S(=O)(=O)Nc2ccc(Cl)cc2Cl)c(C)c1C. The highest BCUT2D eigenvalue weighted by molar-refractivity contribution is 7.92. The first-order valence-corrected chi connectivity index (χ1v) is 9.35. The zero-order valence-corrected chi connectivity index (χ0v) is 16.0.